The number of nitrogens with two attached hydrogens (primary N) is 1. The highest BCUT2D eigenvalue weighted by Crippen LogP contribution is 2.36. The summed E-state index contributed by atoms with van der Waals surface area (Å²) < 4.78 is 12.0. The topological polar surface area (TPSA) is 90.2 Å². The number of rotatable bonds is 2. The van der Waals surface area contributed by atoms with Gasteiger partial charge in [0.15, 0.2) is 5.69 Å². The molecular weight excluding hydrogens is 269 g/mol. The number of fused-ring (bicyclic) bond motifs is 1. The summed E-state index contributed by atoms with van der Waals surface area (Å²) in [4.78, 5) is 11.4. The Morgan fingerprint density at radius 3 is 2.43 bits per heavy atom. The largest absolute Gasteiger partial charge is 0.494 e. The molecule has 1 saturated heterocycles. The van der Waals surface area contributed by atoms with Crippen molar-refractivity contribution in [1.29, 1.82) is 0 Å². The number of hydrogen-bond acceptors (Lipinski definition) is 4. The van der Waals surface area contributed by atoms with Crippen LogP contribution in [0.5, 0.6) is 0 Å². The number of benzene rings is 1. The van der Waals surface area contributed by atoms with Crippen LogP contribution in [0.3, 0.4) is 0 Å². The maximum atomic E-state index is 11.4. The number of carbonyl (C=O) groups excluding carboxylic acids is 1. The summed E-state index contributed by atoms with van der Waals surface area (Å²) in [7, 11) is -0.477. The van der Waals surface area contributed by atoms with E-state index >= 15 is 0 Å². The van der Waals surface area contributed by atoms with E-state index in [1.54, 1.807) is 0 Å². The lowest BCUT2D eigenvalue weighted by Crippen LogP contribution is -2.41. The zero-order chi connectivity index (χ0) is 15.4. The minimum absolute atomic E-state index is 0.225. The SMILES string of the molecule is CC1(C)OB(c2ccc3[nH]nc(C(N)=O)c3c2)OC1(C)C. The summed E-state index contributed by atoms with van der Waals surface area (Å²) in [5.74, 6) is -0.563. The molecule has 3 N–H and O–H groups in total. The molecule has 0 bridgehead atoms. The van der Waals surface area contributed by atoms with Crippen LogP contribution in [0, 0.1) is 0 Å². The Bertz CT molecular complexity index is 707. The van der Waals surface area contributed by atoms with E-state index in [1.807, 2.05) is 45.9 Å². The van der Waals surface area contributed by atoms with E-state index in [9.17, 15) is 4.79 Å². The third-order valence-electron chi connectivity index (χ3n) is 4.35. The highest BCUT2D eigenvalue weighted by Gasteiger charge is 2.51. The highest BCUT2D eigenvalue weighted by molar-refractivity contribution is 6.62. The number of nitrogens with zero attached hydrogens (tertiary/aromatic N) is 1. The first-order chi connectivity index (χ1) is 9.71. The van der Waals surface area contributed by atoms with Gasteiger partial charge < -0.3 is 15.0 Å². The van der Waals surface area contributed by atoms with Crippen LogP contribution in [-0.4, -0.2) is 34.4 Å². The predicted octanol–water partition coefficient (Wildman–Crippen LogP) is 0.961. The second kappa shape index (κ2) is 4.32. The average Bonchev–Trinajstić information content (AvgIpc) is 2.87. The van der Waals surface area contributed by atoms with E-state index in [4.69, 9.17) is 15.0 Å². The summed E-state index contributed by atoms with van der Waals surface area (Å²) in [5.41, 5.74) is 6.33. The molecule has 110 valence electrons. The summed E-state index contributed by atoms with van der Waals surface area (Å²) in [6.07, 6.45) is 0. The molecule has 3 rings (SSSR count). The molecule has 0 spiro atoms. The highest BCUT2D eigenvalue weighted by atomic mass is 16.7. The summed E-state index contributed by atoms with van der Waals surface area (Å²) >= 11 is 0. The van der Waals surface area contributed by atoms with Crippen LogP contribution in [-0.2, 0) is 9.31 Å². The predicted molar refractivity (Wildman–Crippen MR) is 80.3 cm³/mol. The van der Waals surface area contributed by atoms with Crippen molar-refractivity contribution in [2.75, 3.05) is 0 Å². The minimum atomic E-state index is -0.563. The third-order valence-corrected chi connectivity index (χ3v) is 4.35. The van der Waals surface area contributed by atoms with Crippen molar-refractivity contribution < 1.29 is 14.1 Å². The van der Waals surface area contributed by atoms with Crippen LogP contribution >= 0.6 is 0 Å². The van der Waals surface area contributed by atoms with Gasteiger partial charge in [-0.25, -0.2) is 0 Å². The lowest BCUT2D eigenvalue weighted by molar-refractivity contribution is 0.00578. The van der Waals surface area contributed by atoms with Gasteiger partial charge in [0.25, 0.3) is 5.91 Å². The molecule has 0 saturated carbocycles. The van der Waals surface area contributed by atoms with Gasteiger partial charge in [-0.2, -0.15) is 5.10 Å². The van der Waals surface area contributed by atoms with Crippen molar-refractivity contribution in [1.82, 2.24) is 10.2 Å². The van der Waals surface area contributed by atoms with Crippen LogP contribution in [0.1, 0.15) is 38.2 Å². The molecule has 6 nitrogen and oxygen atoms in total. The van der Waals surface area contributed by atoms with E-state index in [1.165, 1.54) is 0 Å². The van der Waals surface area contributed by atoms with Crippen molar-refractivity contribution in [2.45, 2.75) is 38.9 Å². The Morgan fingerprint density at radius 2 is 1.86 bits per heavy atom. The van der Waals surface area contributed by atoms with E-state index in [0.29, 0.717) is 5.39 Å². The molecule has 2 heterocycles. The molecule has 0 radical (unpaired) electrons. The molecular formula is C14H18BN3O3. The van der Waals surface area contributed by atoms with Gasteiger partial charge in [0.1, 0.15) is 0 Å². The monoisotopic (exact) mass is 287 g/mol. The Morgan fingerprint density at radius 1 is 1.24 bits per heavy atom. The fourth-order valence-corrected chi connectivity index (χ4v) is 2.35. The zero-order valence-electron chi connectivity index (χ0n) is 12.6. The smallest absolute Gasteiger partial charge is 0.399 e. The lowest BCUT2D eigenvalue weighted by Gasteiger charge is -2.32. The van der Waals surface area contributed by atoms with Crippen molar-refractivity contribution >= 4 is 29.4 Å². The number of aromatic amines is 1. The molecule has 1 aromatic heterocycles. The van der Waals surface area contributed by atoms with Crippen LogP contribution in [0.4, 0.5) is 0 Å². The first-order valence-electron chi connectivity index (χ1n) is 6.85. The Hall–Kier alpha value is -1.86. The van der Waals surface area contributed by atoms with Crippen LogP contribution < -0.4 is 11.2 Å². The van der Waals surface area contributed by atoms with Crippen LogP contribution in [0.15, 0.2) is 18.2 Å². The van der Waals surface area contributed by atoms with Gasteiger partial charge in [0, 0.05) is 5.39 Å². The first-order valence-corrected chi connectivity index (χ1v) is 6.85. The number of carbonyl (C=O) groups is 1. The lowest BCUT2D eigenvalue weighted by atomic mass is 9.78. The first kappa shape index (κ1) is 14.1. The molecule has 0 aliphatic carbocycles. The molecule has 1 amide bonds. The van der Waals surface area contributed by atoms with Crippen LogP contribution in [0.2, 0.25) is 0 Å². The van der Waals surface area contributed by atoms with Crippen molar-refractivity contribution in [3.05, 3.63) is 23.9 Å². The van der Waals surface area contributed by atoms with Crippen LogP contribution in [0.25, 0.3) is 10.9 Å². The summed E-state index contributed by atoms with van der Waals surface area (Å²) in [6, 6.07) is 5.57. The Kier molecular flexibility index (Phi) is 2.90. The van der Waals surface area contributed by atoms with Gasteiger partial charge in [-0.15, -0.1) is 0 Å². The average molecular weight is 287 g/mol. The fourth-order valence-electron chi connectivity index (χ4n) is 2.35. The van der Waals surface area contributed by atoms with Crippen molar-refractivity contribution in [2.24, 2.45) is 5.73 Å². The number of primary amides is 1. The van der Waals surface area contributed by atoms with Gasteiger partial charge in [0.2, 0.25) is 0 Å². The Labute approximate surface area is 123 Å². The molecule has 1 aromatic carbocycles. The maximum Gasteiger partial charge on any atom is 0.494 e. The minimum Gasteiger partial charge on any atom is -0.399 e. The standard InChI is InChI=1S/C14H18BN3O3/c1-13(2)14(3,4)21-15(20-13)8-5-6-10-9(7-8)11(12(16)19)18-17-10/h5-7H,1-4H3,(H2,16,19)(H,17,18). The molecule has 1 aliphatic rings. The number of amides is 1. The Balaban J connectivity index is 2.03. The van der Waals surface area contributed by atoms with Gasteiger partial charge >= 0.3 is 7.12 Å². The molecule has 21 heavy (non-hydrogen) atoms. The second-order valence-electron chi connectivity index (χ2n) is 6.33. The summed E-state index contributed by atoms with van der Waals surface area (Å²) in [5, 5.41) is 7.40. The molecule has 1 fully saturated rings. The molecule has 2 aromatic rings. The normalized spacial score (nSPS) is 20.1. The third kappa shape index (κ3) is 2.13. The van der Waals surface area contributed by atoms with Gasteiger partial charge in [-0.3, -0.25) is 9.89 Å². The molecule has 1 aliphatic heterocycles. The molecule has 0 atom stereocenters. The van der Waals surface area contributed by atoms with Crippen molar-refractivity contribution in [3.63, 3.8) is 0 Å². The van der Waals surface area contributed by atoms with E-state index in [-0.39, 0.29) is 5.69 Å². The number of H-pyrrole nitrogens is 1. The van der Waals surface area contributed by atoms with Gasteiger partial charge in [-0.1, -0.05) is 12.1 Å². The van der Waals surface area contributed by atoms with E-state index < -0.39 is 24.2 Å². The van der Waals surface area contributed by atoms with Gasteiger partial charge in [0.05, 0.1) is 16.7 Å². The molecule has 7 heteroatoms. The fraction of sp³-hybridized carbons (Fsp3) is 0.429. The zero-order valence-corrected chi connectivity index (χ0v) is 12.6. The maximum absolute atomic E-state index is 11.4. The number of aromatic nitrogens is 2. The van der Waals surface area contributed by atoms with Gasteiger partial charge in [-0.05, 0) is 39.2 Å². The quantitative estimate of drug-likeness (QED) is 0.805. The van der Waals surface area contributed by atoms with E-state index in [0.717, 1.165) is 11.0 Å². The van der Waals surface area contributed by atoms with E-state index in [2.05, 4.69) is 10.2 Å². The number of nitrogens with one attached hydrogen (secondary N) is 1. The van der Waals surface area contributed by atoms with Crippen molar-refractivity contribution in [3.8, 4) is 0 Å². The second-order valence-corrected chi connectivity index (χ2v) is 6.33. The number of hydrogen-bond donors (Lipinski definition) is 2. The molecule has 0 unspecified atom stereocenters. The summed E-state index contributed by atoms with van der Waals surface area (Å²) in [6.45, 7) is 7.99.